The molecule has 114 valence electrons. The molecule has 1 amide bonds. The van der Waals surface area contributed by atoms with Crippen LogP contribution in [0.4, 0.5) is 5.69 Å². The number of para-hydroxylation sites is 1. The molecule has 2 aromatic rings. The van der Waals surface area contributed by atoms with Crippen molar-refractivity contribution in [1.29, 1.82) is 0 Å². The number of hydrogen-bond acceptors (Lipinski definition) is 3. The minimum Gasteiger partial charge on any atom is -0.383 e. The number of halogens is 1. The molecule has 1 unspecified atom stereocenters. The highest BCUT2D eigenvalue weighted by Gasteiger charge is 2.33. The lowest BCUT2D eigenvalue weighted by atomic mass is 10.0. The number of nitrogens with zero attached hydrogens (tertiary/aromatic N) is 1. The van der Waals surface area contributed by atoms with Crippen molar-refractivity contribution >= 4 is 27.5 Å². The van der Waals surface area contributed by atoms with E-state index in [1.807, 2.05) is 53.4 Å². The summed E-state index contributed by atoms with van der Waals surface area (Å²) in [5.74, 6) is 0.0205. The van der Waals surface area contributed by atoms with E-state index < -0.39 is 0 Å². The molecule has 1 aliphatic rings. The smallest absolute Gasteiger partial charge is 0.257 e. The van der Waals surface area contributed by atoms with Gasteiger partial charge in [-0.25, -0.2) is 0 Å². The Hall–Kier alpha value is -1.85. The van der Waals surface area contributed by atoms with Crippen LogP contribution in [0.5, 0.6) is 0 Å². The number of nitrogens with one attached hydrogen (secondary N) is 1. The number of ether oxygens (including phenoxy) is 1. The van der Waals surface area contributed by atoms with Gasteiger partial charge in [-0.05, 0) is 18.2 Å². The van der Waals surface area contributed by atoms with E-state index in [0.717, 1.165) is 15.7 Å². The number of carbonyl (C=O) groups is 1. The van der Waals surface area contributed by atoms with Gasteiger partial charge in [-0.3, -0.25) is 4.79 Å². The zero-order valence-electron chi connectivity index (χ0n) is 12.3. The van der Waals surface area contributed by atoms with Crippen LogP contribution in [0.15, 0.2) is 53.0 Å². The van der Waals surface area contributed by atoms with Crippen LogP contribution in [0.2, 0.25) is 0 Å². The Morgan fingerprint density at radius 2 is 1.91 bits per heavy atom. The van der Waals surface area contributed by atoms with Crippen LogP contribution in [-0.2, 0) is 4.74 Å². The average molecular weight is 361 g/mol. The Labute approximate surface area is 138 Å². The SMILES string of the molecule is COCCN1C(=O)c2ccccc2NC1c1ccccc1Br. The largest absolute Gasteiger partial charge is 0.383 e. The quantitative estimate of drug-likeness (QED) is 0.904. The van der Waals surface area contributed by atoms with Crippen LogP contribution in [0, 0.1) is 0 Å². The summed E-state index contributed by atoms with van der Waals surface area (Å²) in [4.78, 5) is 14.6. The van der Waals surface area contributed by atoms with E-state index in [2.05, 4.69) is 21.2 Å². The molecule has 0 spiro atoms. The monoisotopic (exact) mass is 360 g/mol. The Balaban J connectivity index is 2.03. The Morgan fingerprint density at radius 3 is 2.68 bits per heavy atom. The standard InChI is InChI=1S/C17H17BrN2O2/c1-22-11-10-20-16(12-6-2-4-8-14(12)18)19-15-9-5-3-7-13(15)17(20)21/h2-9,16,19H,10-11H2,1H3. The Bertz CT molecular complexity index is 690. The number of benzene rings is 2. The molecule has 0 saturated heterocycles. The number of anilines is 1. The molecule has 2 aromatic carbocycles. The normalized spacial score (nSPS) is 17.1. The van der Waals surface area contributed by atoms with Gasteiger partial charge in [0.1, 0.15) is 6.17 Å². The van der Waals surface area contributed by atoms with Crippen molar-refractivity contribution in [3.8, 4) is 0 Å². The lowest BCUT2D eigenvalue weighted by molar-refractivity contribution is 0.0609. The van der Waals surface area contributed by atoms with E-state index >= 15 is 0 Å². The minimum absolute atomic E-state index is 0.0205. The maximum Gasteiger partial charge on any atom is 0.257 e. The fraction of sp³-hybridized carbons (Fsp3) is 0.235. The average Bonchev–Trinajstić information content (AvgIpc) is 2.54. The van der Waals surface area contributed by atoms with Crippen LogP contribution >= 0.6 is 15.9 Å². The van der Waals surface area contributed by atoms with Crippen molar-refractivity contribution < 1.29 is 9.53 Å². The maximum atomic E-state index is 12.8. The first-order chi connectivity index (χ1) is 10.7. The van der Waals surface area contributed by atoms with Gasteiger partial charge in [0.15, 0.2) is 0 Å². The second-order valence-corrected chi connectivity index (χ2v) is 5.96. The lowest BCUT2D eigenvalue weighted by Gasteiger charge is -2.38. The van der Waals surface area contributed by atoms with Gasteiger partial charge in [0.2, 0.25) is 0 Å². The summed E-state index contributed by atoms with van der Waals surface area (Å²) in [5, 5.41) is 3.46. The fourth-order valence-corrected chi connectivity index (χ4v) is 3.16. The number of amides is 1. The van der Waals surface area contributed by atoms with Crippen molar-refractivity contribution in [3.63, 3.8) is 0 Å². The minimum atomic E-state index is -0.215. The number of carbonyl (C=O) groups excluding carboxylic acids is 1. The summed E-state index contributed by atoms with van der Waals surface area (Å²) in [5.41, 5.74) is 2.59. The highest BCUT2D eigenvalue weighted by Crippen LogP contribution is 2.35. The fourth-order valence-electron chi connectivity index (χ4n) is 2.66. The first kappa shape index (κ1) is 15.1. The topological polar surface area (TPSA) is 41.6 Å². The Morgan fingerprint density at radius 1 is 1.18 bits per heavy atom. The van der Waals surface area contributed by atoms with Crippen molar-refractivity contribution in [2.24, 2.45) is 0 Å². The molecule has 0 aromatic heterocycles. The lowest BCUT2D eigenvalue weighted by Crippen LogP contribution is -2.44. The van der Waals surface area contributed by atoms with E-state index in [4.69, 9.17) is 4.74 Å². The van der Waals surface area contributed by atoms with Crippen molar-refractivity contribution in [1.82, 2.24) is 4.90 Å². The van der Waals surface area contributed by atoms with Crippen LogP contribution in [-0.4, -0.2) is 31.1 Å². The molecule has 0 saturated carbocycles. The van der Waals surface area contributed by atoms with Crippen molar-refractivity contribution in [2.45, 2.75) is 6.17 Å². The third-order valence-electron chi connectivity index (χ3n) is 3.76. The molecular weight excluding hydrogens is 344 g/mol. The zero-order chi connectivity index (χ0) is 15.5. The number of rotatable bonds is 4. The van der Waals surface area contributed by atoms with Gasteiger partial charge in [-0.15, -0.1) is 0 Å². The summed E-state index contributed by atoms with van der Waals surface area (Å²) >= 11 is 3.58. The van der Waals surface area contributed by atoms with E-state index in [1.165, 1.54) is 0 Å². The van der Waals surface area contributed by atoms with Crippen LogP contribution in [0.1, 0.15) is 22.1 Å². The van der Waals surface area contributed by atoms with Gasteiger partial charge in [-0.1, -0.05) is 46.3 Å². The highest BCUT2D eigenvalue weighted by atomic mass is 79.9. The molecule has 1 N–H and O–H groups in total. The van der Waals surface area contributed by atoms with E-state index in [1.54, 1.807) is 7.11 Å². The van der Waals surface area contributed by atoms with Crippen LogP contribution in [0.25, 0.3) is 0 Å². The molecule has 1 aliphatic heterocycles. The van der Waals surface area contributed by atoms with E-state index in [-0.39, 0.29) is 12.1 Å². The number of fused-ring (bicyclic) bond motifs is 1. The molecule has 0 aliphatic carbocycles. The van der Waals surface area contributed by atoms with Crippen LogP contribution in [0.3, 0.4) is 0 Å². The summed E-state index contributed by atoms with van der Waals surface area (Å²) in [7, 11) is 1.64. The van der Waals surface area contributed by atoms with Gasteiger partial charge in [-0.2, -0.15) is 0 Å². The number of methoxy groups -OCH3 is 1. The molecule has 5 heteroatoms. The molecule has 4 nitrogen and oxygen atoms in total. The Kier molecular flexibility index (Phi) is 4.45. The van der Waals surface area contributed by atoms with Gasteiger partial charge in [0, 0.05) is 29.4 Å². The molecule has 3 rings (SSSR count). The molecule has 0 radical (unpaired) electrons. The summed E-state index contributed by atoms with van der Waals surface area (Å²) in [6.07, 6.45) is -0.215. The second kappa shape index (κ2) is 6.50. The highest BCUT2D eigenvalue weighted by molar-refractivity contribution is 9.10. The zero-order valence-corrected chi connectivity index (χ0v) is 13.8. The molecular formula is C17H17BrN2O2. The van der Waals surface area contributed by atoms with Crippen LogP contribution < -0.4 is 5.32 Å². The second-order valence-electron chi connectivity index (χ2n) is 5.11. The number of hydrogen-bond donors (Lipinski definition) is 1. The third-order valence-corrected chi connectivity index (χ3v) is 4.48. The van der Waals surface area contributed by atoms with E-state index in [0.29, 0.717) is 18.7 Å². The summed E-state index contributed by atoms with van der Waals surface area (Å²) in [6, 6.07) is 15.5. The van der Waals surface area contributed by atoms with Gasteiger partial charge in [0.25, 0.3) is 5.91 Å². The molecule has 0 bridgehead atoms. The van der Waals surface area contributed by atoms with E-state index in [9.17, 15) is 4.79 Å². The van der Waals surface area contributed by atoms with Crippen molar-refractivity contribution in [2.75, 3.05) is 25.6 Å². The molecule has 22 heavy (non-hydrogen) atoms. The summed E-state index contributed by atoms with van der Waals surface area (Å²) in [6.45, 7) is 1.03. The summed E-state index contributed by atoms with van der Waals surface area (Å²) < 4.78 is 6.14. The molecule has 0 fully saturated rings. The first-order valence-electron chi connectivity index (χ1n) is 7.12. The van der Waals surface area contributed by atoms with Crippen molar-refractivity contribution in [3.05, 3.63) is 64.1 Å². The predicted molar refractivity (Wildman–Crippen MR) is 89.9 cm³/mol. The molecule has 1 atom stereocenters. The predicted octanol–water partition coefficient (Wildman–Crippen LogP) is 3.66. The maximum absolute atomic E-state index is 12.8. The first-order valence-corrected chi connectivity index (χ1v) is 7.91. The third kappa shape index (κ3) is 2.74. The van der Waals surface area contributed by atoms with Gasteiger partial charge in [0.05, 0.1) is 12.2 Å². The van der Waals surface area contributed by atoms with Gasteiger partial charge >= 0.3 is 0 Å². The van der Waals surface area contributed by atoms with Gasteiger partial charge < -0.3 is 15.0 Å². The molecule has 1 heterocycles.